The molecule has 1 unspecified atom stereocenters. The molecule has 1 aliphatic heterocycles. The molecule has 2 nitrogen and oxygen atoms in total. The Balaban J connectivity index is 2.02. The van der Waals surface area contributed by atoms with Crippen LogP contribution in [-0.2, 0) is 11.0 Å². The number of ketones is 1. The van der Waals surface area contributed by atoms with Gasteiger partial charge in [0.1, 0.15) is 0 Å². The van der Waals surface area contributed by atoms with E-state index < -0.39 is 11.7 Å². The lowest BCUT2D eigenvalue weighted by molar-refractivity contribution is -0.137. The van der Waals surface area contributed by atoms with Gasteiger partial charge in [-0.05, 0) is 29.8 Å². The van der Waals surface area contributed by atoms with Gasteiger partial charge in [-0.25, -0.2) is 0 Å². The van der Waals surface area contributed by atoms with Crippen LogP contribution in [0.5, 0.6) is 0 Å². The van der Waals surface area contributed by atoms with E-state index in [1.807, 2.05) is 30.3 Å². The molecule has 23 heavy (non-hydrogen) atoms. The average Bonchev–Trinajstić information content (AvgIpc) is 2.55. The first-order chi connectivity index (χ1) is 10.9. The van der Waals surface area contributed by atoms with Gasteiger partial charge in [0.2, 0.25) is 0 Å². The predicted octanol–water partition coefficient (Wildman–Crippen LogP) is 4.74. The standard InChI is InChI=1S/C18H14F3NO/c19-18(20,21)14-7-4-8-15(11-14)22-10-9-16(23)12-17(22)13-5-2-1-3-6-13/h1-11,17H,12H2. The van der Waals surface area contributed by atoms with Crippen molar-refractivity contribution < 1.29 is 18.0 Å². The summed E-state index contributed by atoms with van der Waals surface area (Å²) in [6.45, 7) is 0. The van der Waals surface area contributed by atoms with Gasteiger partial charge in [0.25, 0.3) is 0 Å². The summed E-state index contributed by atoms with van der Waals surface area (Å²) < 4.78 is 38.8. The van der Waals surface area contributed by atoms with Gasteiger partial charge < -0.3 is 4.90 Å². The number of allylic oxidation sites excluding steroid dienone is 1. The van der Waals surface area contributed by atoms with Crippen LogP contribution in [0, 0.1) is 0 Å². The van der Waals surface area contributed by atoms with Gasteiger partial charge in [0.05, 0.1) is 11.6 Å². The Kier molecular flexibility index (Phi) is 3.94. The molecule has 118 valence electrons. The fraction of sp³-hybridized carbons (Fsp3) is 0.167. The fourth-order valence-electron chi connectivity index (χ4n) is 2.69. The zero-order valence-corrected chi connectivity index (χ0v) is 12.1. The summed E-state index contributed by atoms with van der Waals surface area (Å²) in [5.41, 5.74) is 0.604. The number of hydrogen-bond donors (Lipinski definition) is 0. The molecule has 0 bridgehead atoms. The maximum Gasteiger partial charge on any atom is 0.416 e. The molecule has 1 atom stereocenters. The molecule has 0 saturated carbocycles. The number of carbonyl (C=O) groups excluding carboxylic acids is 1. The highest BCUT2D eigenvalue weighted by Crippen LogP contribution is 2.36. The largest absolute Gasteiger partial charge is 0.416 e. The van der Waals surface area contributed by atoms with Crippen LogP contribution in [0.1, 0.15) is 23.6 Å². The van der Waals surface area contributed by atoms with Crippen molar-refractivity contribution in [2.24, 2.45) is 0 Å². The lowest BCUT2D eigenvalue weighted by Crippen LogP contribution is -2.29. The van der Waals surface area contributed by atoms with Gasteiger partial charge in [-0.15, -0.1) is 0 Å². The van der Waals surface area contributed by atoms with E-state index in [4.69, 9.17) is 0 Å². The maximum atomic E-state index is 12.9. The summed E-state index contributed by atoms with van der Waals surface area (Å²) in [6.07, 6.45) is -1.21. The smallest absolute Gasteiger partial charge is 0.340 e. The molecule has 1 aliphatic rings. The van der Waals surface area contributed by atoms with Crippen molar-refractivity contribution in [2.75, 3.05) is 4.90 Å². The van der Waals surface area contributed by atoms with E-state index in [1.54, 1.807) is 17.2 Å². The molecule has 0 amide bonds. The molecule has 0 radical (unpaired) electrons. The third-order valence-electron chi connectivity index (χ3n) is 3.81. The molecule has 3 rings (SSSR count). The van der Waals surface area contributed by atoms with E-state index in [-0.39, 0.29) is 18.2 Å². The first-order valence-corrected chi connectivity index (χ1v) is 7.17. The summed E-state index contributed by atoms with van der Waals surface area (Å²) >= 11 is 0. The second kappa shape index (κ2) is 5.91. The zero-order chi connectivity index (χ0) is 16.4. The highest BCUT2D eigenvalue weighted by Gasteiger charge is 2.32. The van der Waals surface area contributed by atoms with Gasteiger partial charge in [-0.1, -0.05) is 36.4 Å². The summed E-state index contributed by atoms with van der Waals surface area (Å²) in [4.78, 5) is 13.5. The second-order valence-corrected chi connectivity index (χ2v) is 5.37. The van der Waals surface area contributed by atoms with Crippen LogP contribution in [0.25, 0.3) is 0 Å². The second-order valence-electron chi connectivity index (χ2n) is 5.37. The Morgan fingerprint density at radius 2 is 1.74 bits per heavy atom. The molecule has 0 aromatic heterocycles. The lowest BCUT2D eigenvalue weighted by Gasteiger charge is -2.33. The fourth-order valence-corrected chi connectivity index (χ4v) is 2.69. The highest BCUT2D eigenvalue weighted by molar-refractivity contribution is 5.92. The average molecular weight is 317 g/mol. The lowest BCUT2D eigenvalue weighted by atomic mass is 9.96. The summed E-state index contributed by atoms with van der Waals surface area (Å²) in [5.74, 6) is -0.0397. The third-order valence-corrected chi connectivity index (χ3v) is 3.81. The number of hydrogen-bond acceptors (Lipinski definition) is 2. The highest BCUT2D eigenvalue weighted by atomic mass is 19.4. The number of carbonyl (C=O) groups is 1. The Bertz CT molecular complexity index is 737. The molecule has 0 fully saturated rings. The van der Waals surface area contributed by atoms with Crippen molar-refractivity contribution in [2.45, 2.75) is 18.6 Å². The van der Waals surface area contributed by atoms with Crippen LogP contribution in [-0.4, -0.2) is 5.78 Å². The molecular weight excluding hydrogens is 303 g/mol. The predicted molar refractivity (Wildman–Crippen MR) is 81.9 cm³/mol. The SMILES string of the molecule is O=C1C=CN(c2cccc(C(F)(F)F)c2)C(c2ccccc2)C1. The molecule has 0 spiro atoms. The third kappa shape index (κ3) is 3.28. The Morgan fingerprint density at radius 1 is 1.00 bits per heavy atom. The Morgan fingerprint density at radius 3 is 2.43 bits per heavy atom. The van der Waals surface area contributed by atoms with E-state index in [1.165, 1.54) is 12.1 Å². The van der Waals surface area contributed by atoms with Crippen LogP contribution in [0.2, 0.25) is 0 Å². The van der Waals surface area contributed by atoms with E-state index in [0.717, 1.165) is 17.7 Å². The van der Waals surface area contributed by atoms with E-state index in [9.17, 15) is 18.0 Å². The zero-order valence-electron chi connectivity index (χ0n) is 12.1. The van der Waals surface area contributed by atoms with Crippen molar-refractivity contribution in [3.8, 4) is 0 Å². The minimum Gasteiger partial charge on any atom is -0.340 e. The van der Waals surface area contributed by atoms with Crippen LogP contribution in [0.3, 0.4) is 0 Å². The van der Waals surface area contributed by atoms with Crippen LogP contribution >= 0.6 is 0 Å². The quantitative estimate of drug-likeness (QED) is 0.797. The van der Waals surface area contributed by atoms with Crippen molar-refractivity contribution in [3.63, 3.8) is 0 Å². The monoisotopic (exact) mass is 317 g/mol. The number of rotatable bonds is 2. The normalized spacial score (nSPS) is 18.3. The number of nitrogens with zero attached hydrogens (tertiary/aromatic N) is 1. The van der Waals surface area contributed by atoms with E-state index in [0.29, 0.717) is 5.69 Å². The summed E-state index contributed by atoms with van der Waals surface area (Å²) in [5, 5.41) is 0. The van der Waals surface area contributed by atoms with Crippen LogP contribution < -0.4 is 4.90 Å². The molecule has 0 saturated heterocycles. The maximum absolute atomic E-state index is 12.9. The molecular formula is C18H14F3NO. The van der Waals surface area contributed by atoms with Crippen molar-refractivity contribution in [3.05, 3.63) is 78.0 Å². The van der Waals surface area contributed by atoms with Gasteiger partial charge in [-0.2, -0.15) is 13.2 Å². The number of benzene rings is 2. The molecule has 2 aromatic rings. The van der Waals surface area contributed by atoms with Crippen LogP contribution in [0.4, 0.5) is 18.9 Å². The van der Waals surface area contributed by atoms with Crippen molar-refractivity contribution in [1.82, 2.24) is 0 Å². The molecule has 1 heterocycles. The molecule has 2 aromatic carbocycles. The molecule has 0 N–H and O–H groups in total. The summed E-state index contributed by atoms with van der Waals surface area (Å²) in [6, 6.07) is 14.1. The molecule has 0 aliphatic carbocycles. The topological polar surface area (TPSA) is 20.3 Å². The minimum atomic E-state index is -4.40. The van der Waals surface area contributed by atoms with E-state index >= 15 is 0 Å². The van der Waals surface area contributed by atoms with Gasteiger partial charge in [0.15, 0.2) is 5.78 Å². The van der Waals surface area contributed by atoms with E-state index in [2.05, 4.69) is 0 Å². The summed E-state index contributed by atoms with van der Waals surface area (Å²) in [7, 11) is 0. The number of anilines is 1. The first kappa shape index (κ1) is 15.3. The Hall–Kier alpha value is -2.56. The van der Waals surface area contributed by atoms with Gasteiger partial charge in [-0.3, -0.25) is 4.79 Å². The number of alkyl halides is 3. The van der Waals surface area contributed by atoms with Crippen molar-refractivity contribution >= 4 is 11.5 Å². The first-order valence-electron chi connectivity index (χ1n) is 7.17. The Labute approximate surface area is 131 Å². The van der Waals surface area contributed by atoms with Crippen LogP contribution in [0.15, 0.2) is 66.9 Å². The molecule has 5 heteroatoms. The number of halogens is 3. The van der Waals surface area contributed by atoms with Gasteiger partial charge in [0, 0.05) is 18.3 Å². The van der Waals surface area contributed by atoms with Crippen molar-refractivity contribution in [1.29, 1.82) is 0 Å². The van der Waals surface area contributed by atoms with Gasteiger partial charge >= 0.3 is 6.18 Å². The minimum absolute atomic E-state index is 0.0397.